The Bertz CT molecular complexity index is 547. The largest absolute Gasteiger partial charge is 1.00 e. The molecule has 0 aliphatic carbocycles. The average Bonchev–Trinajstić information content (AvgIpc) is 2.47. The van der Waals surface area contributed by atoms with Crippen LogP contribution in [0, 0.1) is 0 Å². The molecule has 0 amide bonds. The van der Waals surface area contributed by atoms with Crippen molar-refractivity contribution in [2.24, 2.45) is 0 Å². The van der Waals surface area contributed by atoms with Gasteiger partial charge in [-0.1, -0.05) is 0 Å². The molecule has 1 aromatic heterocycles. The summed E-state index contributed by atoms with van der Waals surface area (Å²) in [6, 6.07) is 3.88. The first-order chi connectivity index (χ1) is 10.7. The van der Waals surface area contributed by atoms with Crippen molar-refractivity contribution in [3.63, 3.8) is 0 Å². The molecular formula is C14H15F3LiNO5. The van der Waals surface area contributed by atoms with Crippen molar-refractivity contribution in [3.05, 3.63) is 29.6 Å². The van der Waals surface area contributed by atoms with Gasteiger partial charge in [0.1, 0.15) is 5.97 Å². The van der Waals surface area contributed by atoms with E-state index >= 15 is 0 Å². The fraction of sp³-hybridized carbons (Fsp3) is 0.500. The minimum Gasteiger partial charge on any atom is -0.542 e. The average molecular weight is 341 g/mol. The second-order valence-corrected chi connectivity index (χ2v) is 4.82. The minimum absolute atomic E-state index is 0. The summed E-state index contributed by atoms with van der Waals surface area (Å²) in [5, 5.41) is 17.5. The second-order valence-electron chi connectivity index (χ2n) is 4.82. The van der Waals surface area contributed by atoms with Crippen LogP contribution in [0.2, 0.25) is 0 Å². The maximum Gasteiger partial charge on any atom is 1.00 e. The van der Waals surface area contributed by atoms with Crippen LogP contribution in [0.3, 0.4) is 0 Å². The van der Waals surface area contributed by atoms with Crippen LogP contribution < -0.4 is 24.0 Å². The molecule has 0 bridgehead atoms. The molecule has 128 valence electrons. The van der Waals surface area contributed by atoms with Crippen molar-refractivity contribution in [2.45, 2.75) is 31.4 Å². The quantitative estimate of drug-likeness (QED) is 0.633. The summed E-state index contributed by atoms with van der Waals surface area (Å²) in [4.78, 5) is 23.4. The molecule has 1 N–H and O–H groups in total. The first-order valence-electron chi connectivity index (χ1n) is 6.72. The van der Waals surface area contributed by atoms with Gasteiger partial charge in [-0.2, -0.15) is 13.2 Å². The van der Waals surface area contributed by atoms with Crippen molar-refractivity contribution in [3.8, 4) is 0 Å². The van der Waals surface area contributed by atoms with Gasteiger partial charge in [-0.25, -0.2) is 0 Å². The smallest absolute Gasteiger partial charge is 0.542 e. The van der Waals surface area contributed by atoms with Gasteiger partial charge < -0.3 is 19.7 Å². The van der Waals surface area contributed by atoms with Crippen LogP contribution in [-0.4, -0.2) is 41.4 Å². The predicted octanol–water partition coefficient (Wildman–Crippen LogP) is -2.09. The summed E-state index contributed by atoms with van der Waals surface area (Å²) < 4.78 is 36.9. The number of aliphatic carboxylic acids is 2. The Morgan fingerprint density at radius 2 is 1.88 bits per heavy atom. The van der Waals surface area contributed by atoms with E-state index in [-0.39, 0.29) is 25.3 Å². The number of carboxylic acids is 2. The van der Waals surface area contributed by atoms with E-state index in [4.69, 9.17) is 19.7 Å². The fourth-order valence-corrected chi connectivity index (χ4v) is 2.03. The monoisotopic (exact) mass is 341 g/mol. The Hall–Kier alpha value is -1.56. The van der Waals surface area contributed by atoms with Crippen molar-refractivity contribution in [1.82, 2.24) is 4.98 Å². The van der Waals surface area contributed by atoms with Crippen LogP contribution in [0.15, 0.2) is 18.3 Å². The van der Waals surface area contributed by atoms with E-state index in [1.165, 1.54) is 5.56 Å². The number of aromatic nitrogens is 1. The van der Waals surface area contributed by atoms with Gasteiger partial charge in [0.15, 0.2) is 0 Å². The molecule has 0 aromatic carbocycles. The number of carboxylic acid groups (broad SMARTS) is 2. The summed E-state index contributed by atoms with van der Waals surface area (Å²) in [5.41, 5.74) is 1.83. The predicted molar refractivity (Wildman–Crippen MR) is 69.4 cm³/mol. The van der Waals surface area contributed by atoms with E-state index in [9.17, 15) is 18.0 Å². The van der Waals surface area contributed by atoms with Crippen LogP contribution in [0.4, 0.5) is 13.2 Å². The number of carbonyl (C=O) groups excluding carboxylic acids is 1. The third-order valence-corrected chi connectivity index (χ3v) is 3.10. The first kappa shape index (κ1) is 22.4. The van der Waals surface area contributed by atoms with Gasteiger partial charge in [-0.05, 0) is 36.5 Å². The standard InChI is InChI=1S/C12H15NO3.C2HF3O2.Li/c14-12(15)8-11-7-10(1-4-13-11)9-2-5-16-6-3-9;3-2(4,5)1(6)7;/h1,4,7,9H,2-3,5-6,8H2,(H,14,15);(H,6,7);/q;;+1/p-1. The van der Waals surface area contributed by atoms with Crippen molar-refractivity contribution in [2.75, 3.05) is 13.2 Å². The first-order valence-corrected chi connectivity index (χ1v) is 6.72. The number of nitrogens with zero attached hydrogens (tertiary/aromatic N) is 1. The van der Waals surface area contributed by atoms with E-state index in [0.29, 0.717) is 11.6 Å². The number of alkyl halides is 3. The molecule has 24 heavy (non-hydrogen) atoms. The van der Waals surface area contributed by atoms with Gasteiger partial charge >= 0.3 is 31.0 Å². The van der Waals surface area contributed by atoms with E-state index < -0.39 is 18.1 Å². The Labute approximate surface area is 148 Å². The summed E-state index contributed by atoms with van der Waals surface area (Å²) in [5.74, 6) is -3.35. The zero-order chi connectivity index (χ0) is 17.5. The molecule has 10 heteroatoms. The van der Waals surface area contributed by atoms with Gasteiger partial charge in [-0.15, -0.1) is 0 Å². The topological polar surface area (TPSA) is 99.6 Å². The number of hydrogen-bond donors (Lipinski definition) is 1. The zero-order valence-electron chi connectivity index (χ0n) is 13.0. The molecule has 6 nitrogen and oxygen atoms in total. The Kier molecular flexibility index (Phi) is 9.66. The summed E-state index contributed by atoms with van der Waals surface area (Å²) in [6.07, 6.45) is -1.48. The SMILES string of the molecule is O=C(O)Cc1cc(C2CCOCC2)ccn1.O=C([O-])C(F)(F)F.[Li+]. The Balaban J connectivity index is 0.000000570. The van der Waals surface area contributed by atoms with Crippen LogP contribution >= 0.6 is 0 Å². The van der Waals surface area contributed by atoms with Gasteiger partial charge in [0.05, 0.1) is 12.1 Å². The van der Waals surface area contributed by atoms with E-state index in [0.717, 1.165) is 26.1 Å². The van der Waals surface area contributed by atoms with Crippen molar-refractivity contribution >= 4 is 11.9 Å². The molecule has 2 heterocycles. The molecule has 1 aliphatic rings. The summed E-state index contributed by atoms with van der Waals surface area (Å²) in [7, 11) is 0. The Morgan fingerprint density at radius 3 is 2.33 bits per heavy atom. The third kappa shape index (κ3) is 8.33. The summed E-state index contributed by atoms with van der Waals surface area (Å²) in [6.45, 7) is 1.59. The van der Waals surface area contributed by atoms with Crippen LogP contribution in [0.5, 0.6) is 0 Å². The fourth-order valence-electron chi connectivity index (χ4n) is 2.03. The molecule has 2 rings (SSSR count). The van der Waals surface area contributed by atoms with Gasteiger partial charge in [0, 0.05) is 19.4 Å². The number of hydrogen-bond acceptors (Lipinski definition) is 5. The number of pyridine rings is 1. The molecule has 0 unspecified atom stereocenters. The van der Waals surface area contributed by atoms with Gasteiger partial charge in [0.25, 0.3) is 0 Å². The number of carbonyl (C=O) groups is 2. The molecule has 0 saturated carbocycles. The minimum atomic E-state index is -5.19. The van der Waals surface area contributed by atoms with Crippen molar-refractivity contribution < 1.29 is 56.6 Å². The molecule has 1 aliphatic heterocycles. The normalized spacial score (nSPS) is 14.8. The van der Waals surface area contributed by atoms with Crippen LogP contribution in [-0.2, 0) is 20.7 Å². The molecule has 0 radical (unpaired) electrons. The zero-order valence-corrected chi connectivity index (χ0v) is 13.0. The van der Waals surface area contributed by atoms with Crippen LogP contribution in [0.1, 0.15) is 30.0 Å². The Morgan fingerprint density at radius 1 is 1.33 bits per heavy atom. The maximum atomic E-state index is 10.6. The number of rotatable bonds is 3. The van der Waals surface area contributed by atoms with Gasteiger partial charge in [-0.3, -0.25) is 9.78 Å². The summed E-state index contributed by atoms with van der Waals surface area (Å²) >= 11 is 0. The number of ether oxygens (including phenoxy) is 1. The van der Waals surface area contributed by atoms with Crippen molar-refractivity contribution in [1.29, 1.82) is 0 Å². The van der Waals surface area contributed by atoms with E-state index in [2.05, 4.69) is 4.98 Å². The van der Waals surface area contributed by atoms with Gasteiger partial charge in [0.2, 0.25) is 0 Å². The number of halogens is 3. The van der Waals surface area contributed by atoms with E-state index in [1.807, 2.05) is 12.1 Å². The van der Waals surface area contributed by atoms with E-state index in [1.54, 1.807) is 6.20 Å². The second kappa shape index (κ2) is 10.3. The molecule has 0 spiro atoms. The molecule has 0 atom stereocenters. The van der Waals surface area contributed by atoms with Crippen LogP contribution in [0.25, 0.3) is 0 Å². The maximum absolute atomic E-state index is 10.6. The molecular weight excluding hydrogens is 326 g/mol. The molecule has 1 aromatic rings. The molecule has 1 fully saturated rings. The molecule has 1 saturated heterocycles. The third-order valence-electron chi connectivity index (χ3n) is 3.10.